The summed E-state index contributed by atoms with van der Waals surface area (Å²) in [5, 5.41) is 7.14. The van der Waals surface area contributed by atoms with Crippen molar-refractivity contribution in [2.45, 2.75) is 51.5 Å². The Balaban J connectivity index is 1.72. The molecule has 0 aromatic heterocycles. The molecule has 1 heterocycles. The maximum absolute atomic E-state index is 3.65. The van der Waals surface area contributed by atoms with Crippen LogP contribution in [0.5, 0.6) is 0 Å². The normalized spacial score (nSPS) is 19.3. The molecule has 2 unspecified atom stereocenters. The summed E-state index contributed by atoms with van der Waals surface area (Å²) in [4.78, 5) is 0. The van der Waals surface area contributed by atoms with Crippen LogP contribution in [0.3, 0.4) is 0 Å². The SMILES string of the molecule is CCCCC(C)NCCC1CNc2ccccc21. The first-order valence-electron chi connectivity index (χ1n) is 7.37. The van der Waals surface area contributed by atoms with Gasteiger partial charge in [0, 0.05) is 24.2 Å². The molecule has 1 aromatic rings. The van der Waals surface area contributed by atoms with Gasteiger partial charge in [-0.3, -0.25) is 0 Å². The zero-order valence-corrected chi connectivity index (χ0v) is 11.7. The van der Waals surface area contributed by atoms with Gasteiger partial charge in [-0.05, 0) is 37.9 Å². The van der Waals surface area contributed by atoms with Gasteiger partial charge in [0.05, 0.1) is 0 Å². The molecule has 100 valence electrons. The molecule has 0 saturated heterocycles. The number of nitrogens with one attached hydrogen (secondary N) is 2. The van der Waals surface area contributed by atoms with Gasteiger partial charge in [0.2, 0.25) is 0 Å². The lowest BCUT2D eigenvalue weighted by atomic mass is 9.98. The van der Waals surface area contributed by atoms with Crippen molar-refractivity contribution in [2.24, 2.45) is 0 Å². The third-order valence-corrected chi connectivity index (χ3v) is 3.92. The minimum absolute atomic E-state index is 0.662. The minimum atomic E-state index is 0.662. The maximum atomic E-state index is 3.65. The second kappa shape index (κ2) is 6.79. The fourth-order valence-corrected chi connectivity index (χ4v) is 2.73. The average molecular weight is 246 g/mol. The summed E-state index contributed by atoms with van der Waals surface area (Å²) < 4.78 is 0. The Morgan fingerprint density at radius 2 is 2.22 bits per heavy atom. The van der Waals surface area contributed by atoms with E-state index in [9.17, 15) is 0 Å². The Morgan fingerprint density at radius 1 is 1.39 bits per heavy atom. The fourth-order valence-electron chi connectivity index (χ4n) is 2.73. The molecule has 18 heavy (non-hydrogen) atoms. The zero-order chi connectivity index (χ0) is 12.8. The molecule has 2 rings (SSSR count). The molecule has 0 fully saturated rings. The van der Waals surface area contributed by atoms with Crippen LogP contribution < -0.4 is 10.6 Å². The van der Waals surface area contributed by atoms with Crippen LogP contribution in [0.15, 0.2) is 24.3 Å². The Labute approximate surface area is 111 Å². The van der Waals surface area contributed by atoms with Gasteiger partial charge in [0.15, 0.2) is 0 Å². The highest BCUT2D eigenvalue weighted by molar-refractivity contribution is 5.57. The van der Waals surface area contributed by atoms with E-state index in [0.717, 1.165) is 13.1 Å². The quantitative estimate of drug-likeness (QED) is 0.765. The number of fused-ring (bicyclic) bond motifs is 1. The molecule has 0 aliphatic carbocycles. The minimum Gasteiger partial charge on any atom is -0.384 e. The highest BCUT2D eigenvalue weighted by Gasteiger charge is 2.20. The predicted octanol–water partition coefficient (Wildman–Crippen LogP) is 3.75. The van der Waals surface area contributed by atoms with Crippen LogP contribution in [-0.2, 0) is 0 Å². The van der Waals surface area contributed by atoms with Gasteiger partial charge in [-0.25, -0.2) is 0 Å². The number of unbranched alkanes of at least 4 members (excludes halogenated alkanes) is 1. The number of anilines is 1. The average Bonchev–Trinajstić information content (AvgIpc) is 2.80. The summed E-state index contributed by atoms with van der Waals surface area (Å²) in [6, 6.07) is 9.37. The summed E-state index contributed by atoms with van der Waals surface area (Å²) in [6.07, 6.45) is 5.17. The standard InChI is InChI=1S/C16H26N2/c1-3-4-7-13(2)17-11-10-14-12-18-16-9-6-5-8-15(14)16/h5-6,8-9,13-14,17-18H,3-4,7,10-12H2,1-2H3. The van der Waals surface area contributed by atoms with Crippen LogP contribution in [0.25, 0.3) is 0 Å². The monoisotopic (exact) mass is 246 g/mol. The molecule has 1 aromatic carbocycles. The molecule has 0 amide bonds. The van der Waals surface area contributed by atoms with Crippen LogP contribution in [0.2, 0.25) is 0 Å². The first-order valence-corrected chi connectivity index (χ1v) is 7.37. The van der Waals surface area contributed by atoms with Crippen LogP contribution >= 0.6 is 0 Å². The van der Waals surface area contributed by atoms with Crippen molar-refractivity contribution in [3.8, 4) is 0 Å². The van der Waals surface area contributed by atoms with Crippen LogP contribution in [0.1, 0.15) is 51.0 Å². The Hall–Kier alpha value is -1.02. The molecule has 0 saturated carbocycles. The molecular weight excluding hydrogens is 220 g/mol. The Morgan fingerprint density at radius 3 is 3.06 bits per heavy atom. The highest BCUT2D eigenvalue weighted by atomic mass is 14.9. The van der Waals surface area contributed by atoms with Gasteiger partial charge in [0.1, 0.15) is 0 Å². The lowest BCUT2D eigenvalue weighted by Crippen LogP contribution is -2.28. The lowest BCUT2D eigenvalue weighted by molar-refractivity contribution is 0.476. The Bertz CT molecular complexity index is 362. The third-order valence-electron chi connectivity index (χ3n) is 3.92. The van der Waals surface area contributed by atoms with Crippen LogP contribution in [-0.4, -0.2) is 19.1 Å². The van der Waals surface area contributed by atoms with E-state index in [4.69, 9.17) is 0 Å². The molecule has 2 heteroatoms. The first kappa shape index (κ1) is 13.4. The van der Waals surface area contributed by atoms with E-state index < -0.39 is 0 Å². The van der Waals surface area contributed by atoms with Crippen molar-refractivity contribution in [3.63, 3.8) is 0 Å². The third kappa shape index (κ3) is 3.49. The van der Waals surface area contributed by atoms with Gasteiger partial charge in [-0.15, -0.1) is 0 Å². The molecule has 0 radical (unpaired) electrons. The fraction of sp³-hybridized carbons (Fsp3) is 0.625. The number of hydrogen-bond acceptors (Lipinski definition) is 2. The second-order valence-electron chi connectivity index (χ2n) is 5.45. The van der Waals surface area contributed by atoms with E-state index in [1.165, 1.54) is 36.9 Å². The second-order valence-corrected chi connectivity index (χ2v) is 5.45. The number of hydrogen-bond donors (Lipinski definition) is 2. The summed E-state index contributed by atoms with van der Waals surface area (Å²) in [5.74, 6) is 0.687. The van der Waals surface area contributed by atoms with E-state index in [1.54, 1.807) is 0 Å². The van der Waals surface area contributed by atoms with Crippen molar-refractivity contribution in [2.75, 3.05) is 18.4 Å². The lowest BCUT2D eigenvalue weighted by Gasteiger charge is -2.15. The number of rotatable bonds is 7. The van der Waals surface area contributed by atoms with E-state index in [-0.39, 0.29) is 0 Å². The van der Waals surface area contributed by atoms with Crippen molar-refractivity contribution in [3.05, 3.63) is 29.8 Å². The molecule has 2 atom stereocenters. The van der Waals surface area contributed by atoms with Gasteiger partial charge in [0.25, 0.3) is 0 Å². The highest BCUT2D eigenvalue weighted by Crippen LogP contribution is 2.32. The van der Waals surface area contributed by atoms with Crippen LogP contribution in [0.4, 0.5) is 5.69 Å². The smallest absolute Gasteiger partial charge is 0.0376 e. The summed E-state index contributed by atoms with van der Waals surface area (Å²) in [7, 11) is 0. The van der Waals surface area contributed by atoms with E-state index >= 15 is 0 Å². The van der Waals surface area contributed by atoms with Crippen molar-refractivity contribution in [1.29, 1.82) is 0 Å². The van der Waals surface area contributed by atoms with Crippen molar-refractivity contribution < 1.29 is 0 Å². The summed E-state index contributed by atoms with van der Waals surface area (Å²) in [5.41, 5.74) is 2.84. The number of benzene rings is 1. The topological polar surface area (TPSA) is 24.1 Å². The maximum Gasteiger partial charge on any atom is 0.0376 e. The molecule has 0 bridgehead atoms. The summed E-state index contributed by atoms with van der Waals surface area (Å²) in [6.45, 7) is 6.79. The van der Waals surface area contributed by atoms with E-state index in [0.29, 0.717) is 12.0 Å². The predicted molar refractivity (Wildman–Crippen MR) is 79.3 cm³/mol. The van der Waals surface area contributed by atoms with Crippen molar-refractivity contribution in [1.82, 2.24) is 5.32 Å². The summed E-state index contributed by atoms with van der Waals surface area (Å²) >= 11 is 0. The van der Waals surface area contributed by atoms with E-state index in [2.05, 4.69) is 48.7 Å². The number of para-hydroxylation sites is 1. The zero-order valence-electron chi connectivity index (χ0n) is 11.7. The van der Waals surface area contributed by atoms with Gasteiger partial charge in [-0.2, -0.15) is 0 Å². The van der Waals surface area contributed by atoms with Gasteiger partial charge < -0.3 is 10.6 Å². The van der Waals surface area contributed by atoms with Crippen molar-refractivity contribution >= 4 is 5.69 Å². The van der Waals surface area contributed by atoms with E-state index in [1.807, 2.05) is 0 Å². The Kier molecular flexibility index (Phi) is 5.06. The molecule has 2 N–H and O–H groups in total. The molecular formula is C16H26N2. The molecule has 1 aliphatic rings. The first-order chi connectivity index (χ1) is 8.81. The van der Waals surface area contributed by atoms with Gasteiger partial charge in [-0.1, -0.05) is 38.0 Å². The molecule has 2 nitrogen and oxygen atoms in total. The van der Waals surface area contributed by atoms with Gasteiger partial charge >= 0.3 is 0 Å². The molecule has 0 spiro atoms. The largest absolute Gasteiger partial charge is 0.384 e. The van der Waals surface area contributed by atoms with Crippen LogP contribution in [0, 0.1) is 0 Å². The molecule has 1 aliphatic heterocycles.